The summed E-state index contributed by atoms with van der Waals surface area (Å²) in [6.07, 6.45) is 2.90. The number of amides is 1. The Morgan fingerprint density at radius 2 is 1.86 bits per heavy atom. The van der Waals surface area contributed by atoms with Crippen LogP contribution in [-0.4, -0.2) is 15.9 Å². The highest BCUT2D eigenvalue weighted by Gasteiger charge is 2.10. The van der Waals surface area contributed by atoms with E-state index >= 15 is 0 Å². The molecular weight excluding hydrogens is 401 g/mol. The largest absolute Gasteiger partial charge is 0.457 e. The Morgan fingerprint density at radius 1 is 1.04 bits per heavy atom. The number of hydrogen-bond acceptors (Lipinski definition) is 3. The Labute approximate surface area is 168 Å². The monoisotopic (exact) mass is 413 g/mol. The number of nitrogens with one attached hydrogen (secondary N) is 3. The van der Waals surface area contributed by atoms with Crippen molar-refractivity contribution >= 4 is 51.9 Å². The van der Waals surface area contributed by atoms with Crippen LogP contribution >= 0.6 is 23.2 Å². The van der Waals surface area contributed by atoms with Crippen LogP contribution < -0.4 is 11.0 Å². The number of carbonyl (C=O) groups excluding carboxylic acids is 1. The molecule has 0 aliphatic rings. The van der Waals surface area contributed by atoms with Gasteiger partial charge in [-0.15, -0.1) is 0 Å². The van der Waals surface area contributed by atoms with Gasteiger partial charge in [0.1, 0.15) is 11.5 Å². The summed E-state index contributed by atoms with van der Waals surface area (Å²) in [5, 5.41) is 3.57. The summed E-state index contributed by atoms with van der Waals surface area (Å²) in [5.41, 5.74) is 2.21. The molecule has 0 saturated carbocycles. The lowest BCUT2D eigenvalue weighted by Gasteiger charge is -2.02. The molecule has 4 rings (SSSR count). The molecule has 1 amide bonds. The molecule has 0 aliphatic carbocycles. The Kier molecular flexibility index (Phi) is 4.81. The zero-order valence-electron chi connectivity index (χ0n) is 14.3. The van der Waals surface area contributed by atoms with Crippen LogP contribution in [0.5, 0.6) is 0 Å². The standard InChI is InChI=1S/C20H13Cl2N3O3/c21-14-3-1-2-13(19(14)22)17-8-5-12(28-17)6-9-18(26)23-11-4-7-15-16(10-11)25-20(27)24-15/h1-10H,(H,23,26)(H2,24,25,27)/b9-6+. The van der Waals surface area contributed by atoms with E-state index in [0.717, 1.165) is 0 Å². The van der Waals surface area contributed by atoms with E-state index in [1.165, 1.54) is 6.08 Å². The Balaban J connectivity index is 1.47. The summed E-state index contributed by atoms with van der Waals surface area (Å²) >= 11 is 12.2. The Bertz CT molecular complexity index is 1270. The summed E-state index contributed by atoms with van der Waals surface area (Å²) in [7, 11) is 0. The smallest absolute Gasteiger partial charge is 0.323 e. The van der Waals surface area contributed by atoms with Gasteiger partial charge in [0.25, 0.3) is 0 Å². The highest BCUT2D eigenvalue weighted by Crippen LogP contribution is 2.34. The maximum atomic E-state index is 12.1. The number of fused-ring (bicyclic) bond motifs is 1. The maximum Gasteiger partial charge on any atom is 0.323 e. The average molecular weight is 414 g/mol. The van der Waals surface area contributed by atoms with Gasteiger partial charge in [0, 0.05) is 17.3 Å². The molecule has 2 aromatic heterocycles. The minimum Gasteiger partial charge on any atom is -0.457 e. The van der Waals surface area contributed by atoms with Crippen LogP contribution in [0.15, 0.2) is 63.8 Å². The van der Waals surface area contributed by atoms with E-state index in [4.69, 9.17) is 27.6 Å². The van der Waals surface area contributed by atoms with E-state index in [2.05, 4.69) is 15.3 Å². The van der Waals surface area contributed by atoms with Crippen molar-refractivity contribution in [2.75, 3.05) is 5.32 Å². The minimum atomic E-state index is -0.337. The molecule has 0 atom stereocenters. The summed E-state index contributed by atoms with van der Waals surface area (Å²) < 4.78 is 5.71. The molecule has 8 heteroatoms. The fraction of sp³-hybridized carbons (Fsp3) is 0. The van der Waals surface area contributed by atoms with Gasteiger partial charge in [0.15, 0.2) is 0 Å². The van der Waals surface area contributed by atoms with Gasteiger partial charge in [-0.2, -0.15) is 0 Å². The average Bonchev–Trinajstić information content (AvgIpc) is 3.27. The van der Waals surface area contributed by atoms with Gasteiger partial charge in [0.2, 0.25) is 5.91 Å². The first-order valence-electron chi connectivity index (χ1n) is 8.25. The third kappa shape index (κ3) is 3.74. The second kappa shape index (κ2) is 7.42. The molecule has 28 heavy (non-hydrogen) atoms. The number of hydrogen-bond donors (Lipinski definition) is 3. The lowest BCUT2D eigenvalue weighted by atomic mass is 10.2. The third-order valence-electron chi connectivity index (χ3n) is 4.03. The number of aromatic amines is 2. The minimum absolute atomic E-state index is 0.299. The van der Waals surface area contributed by atoms with E-state index in [0.29, 0.717) is 43.9 Å². The van der Waals surface area contributed by atoms with E-state index in [9.17, 15) is 9.59 Å². The predicted octanol–water partition coefficient (Wildman–Crippen LogP) is 5.07. The zero-order chi connectivity index (χ0) is 19.7. The van der Waals surface area contributed by atoms with E-state index in [1.807, 2.05) is 0 Å². The van der Waals surface area contributed by atoms with Gasteiger partial charge >= 0.3 is 5.69 Å². The SMILES string of the molecule is O=C(/C=C/c1ccc(-c2cccc(Cl)c2Cl)o1)Nc1ccc2[nH]c(=O)[nH]c2c1. The first-order chi connectivity index (χ1) is 13.5. The number of rotatable bonds is 4. The van der Waals surface area contributed by atoms with Gasteiger partial charge in [-0.25, -0.2) is 4.79 Å². The lowest BCUT2D eigenvalue weighted by Crippen LogP contribution is -2.07. The van der Waals surface area contributed by atoms with Crippen molar-refractivity contribution in [1.29, 1.82) is 0 Å². The molecule has 0 radical (unpaired) electrons. The van der Waals surface area contributed by atoms with E-state index < -0.39 is 0 Å². The number of halogens is 2. The Morgan fingerprint density at radius 3 is 2.71 bits per heavy atom. The molecule has 0 spiro atoms. The number of imidazole rings is 1. The van der Waals surface area contributed by atoms with Gasteiger partial charge < -0.3 is 19.7 Å². The van der Waals surface area contributed by atoms with Gasteiger partial charge in [-0.3, -0.25) is 4.79 Å². The fourth-order valence-electron chi connectivity index (χ4n) is 2.73. The molecule has 2 aromatic carbocycles. The number of aromatic nitrogens is 2. The number of H-pyrrole nitrogens is 2. The molecule has 3 N–H and O–H groups in total. The molecule has 4 aromatic rings. The van der Waals surface area contributed by atoms with Crippen LogP contribution in [0.3, 0.4) is 0 Å². The highest BCUT2D eigenvalue weighted by molar-refractivity contribution is 6.43. The van der Waals surface area contributed by atoms with Crippen LogP contribution in [0, 0.1) is 0 Å². The van der Waals surface area contributed by atoms with Crippen LogP contribution in [0.4, 0.5) is 5.69 Å². The zero-order valence-corrected chi connectivity index (χ0v) is 15.8. The number of anilines is 1. The molecule has 6 nitrogen and oxygen atoms in total. The first-order valence-corrected chi connectivity index (χ1v) is 9.00. The van der Waals surface area contributed by atoms with Gasteiger partial charge in [-0.1, -0.05) is 29.3 Å². The van der Waals surface area contributed by atoms with Crippen molar-refractivity contribution < 1.29 is 9.21 Å². The molecule has 0 unspecified atom stereocenters. The maximum absolute atomic E-state index is 12.1. The van der Waals surface area contributed by atoms with E-state index in [-0.39, 0.29) is 11.6 Å². The Hall–Kier alpha value is -3.22. The van der Waals surface area contributed by atoms with E-state index in [1.54, 1.807) is 54.6 Å². The summed E-state index contributed by atoms with van der Waals surface area (Å²) in [5.74, 6) is 0.706. The number of benzene rings is 2. The normalized spacial score (nSPS) is 11.4. The van der Waals surface area contributed by atoms with Crippen molar-refractivity contribution in [2.24, 2.45) is 0 Å². The van der Waals surface area contributed by atoms with Crippen molar-refractivity contribution in [3.63, 3.8) is 0 Å². The van der Waals surface area contributed by atoms with Crippen LogP contribution in [-0.2, 0) is 4.79 Å². The second-order valence-corrected chi connectivity index (χ2v) is 6.75. The molecule has 2 heterocycles. The van der Waals surface area contributed by atoms with Crippen molar-refractivity contribution in [3.8, 4) is 11.3 Å². The molecule has 0 bridgehead atoms. The molecular formula is C20H13Cl2N3O3. The van der Waals surface area contributed by atoms with Crippen molar-refractivity contribution in [1.82, 2.24) is 9.97 Å². The number of furan rings is 1. The summed E-state index contributed by atoms with van der Waals surface area (Å²) in [6.45, 7) is 0. The van der Waals surface area contributed by atoms with Gasteiger partial charge in [0.05, 0.1) is 21.1 Å². The summed E-state index contributed by atoms with van der Waals surface area (Å²) in [4.78, 5) is 28.7. The fourth-order valence-corrected chi connectivity index (χ4v) is 3.13. The number of carbonyl (C=O) groups is 1. The first kappa shape index (κ1) is 18.2. The quantitative estimate of drug-likeness (QED) is 0.407. The molecule has 140 valence electrons. The molecule has 0 saturated heterocycles. The van der Waals surface area contributed by atoms with Crippen LogP contribution in [0.25, 0.3) is 28.4 Å². The predicted molar refractivity (Wildman–Crippen MR) is 111 cm³/mol. The highest BCUT2D eigenvalue weighted by atomic mass is 35.5. The van der Waals surface area contributed by atoms with Crippen molar-refractivity contribution in [2.45, 2.75) is 0 Å². The summed E-state index contributed by atoms with van der Waals surface area (Å²) in [6, 6.07) is 13.8. The molecule has 0 fully saturated rings. The van der Waals surface area contributed by atoms with Crippen LogP contribution in [0.1, 0.15) is 5.76 Å². The molecule has 0 aliphatic heterocycles. The lowest BCUT2D eigenvalue weighted by molar-refractivity contribution is -0.111. The topological polar surface area (TPSA) is 90.9 Å². The third-order valence-corrected chi connectivity index (χ3v) is 4.85. The second-order valence-electron chi connectivity index (χ2n) is 5.97. The van der Waals surface area contributed by atoms with Crippen molar-refractivity contribution in [3.05, 3.63) is 80.9 Å². The van der Waals surface area contributed by atoms with Crippen LogP contribution in [0.2, 0.25) is 10.0 Å². The van der Waals surface area contributed by atoms with Gasteiger partial charge in [-0.05, 0) is 48.5 Å².